The Kier molecular flexibility index (Phi) is 5.32. The van der Waals surface area contributed by atoms with Crippen molar-refractivity contribution in [2.45, 2.75) is 44.6 Å². The molecule has 0 spiro atoms. The van der Waals surface area contributed by atoms with Crippen molar-refractivity contribution in [3.8, 4) is 6.07 Å². The molecule has 0 saturated heterocycles. The Morgan fingerprint density at radius 2 is 1.88 bits per heavy atom. The summed E-state index contributed by atoms with van der Waals surface area (Å²) in [5.41, 5.74) is 0.830. The monoisotopic (exact) mass is 321 g/mol. The Morgan fingerprint density at radius 3 is 2.67 bits per heavy atom. The lowest BCUT2D eigenvalue weighted by molar-refractivity contribution is 0.169. The maximum Gasteiger partial charge on any atom is 0.322 e. The Hall–Kier alpha value is -2.54. The van der Waals surface area contributed by atoms with E-state index in [1.54, 1.807) is 0 Å². The van der Waals surface area contributed by atoms with E-state index < -0.39 is 0 Å². The molecule has 0 bridgehead atoms. The molecule has 0 aliphatic heterocycles. The van der Waals surface area contributed by atoms with Crippen molar-refractivity contribution >= 4 is 22.5 Å². The van der Waals surface area contributed by atoms with Crippen molar-refractivity contribution in [1.29, 1.82) is 5.26 Å². The summed E-state index contributed by atoms with van der Waals surface area (Å²) in [6, 6.07) is 16.3. The average molecular weight is 321 g/mol. The van der Waals surface area contributed by atoms with Crippen LogP contribution >= 0.6 is 0 Å². The van der Waals surface area contributed by atoms with Crippen LogP contribution in [0.5, 0.6) is 0 Å². The number of benzene rings is 2. The van der Waals surface area contributed by atoms with Gasteiger partial charge in [-0.15, -0.1) is 0 Å². The number of fused-ring (bicyclic) bond motifs is 1. The molecular formula is C20H23N3O. The number of amides is 2. The van der Waals surface area contributed by atoms with Gasteiger partial charge in [0.05, 0.1) is 18.2 Å². The van der Waals surface area contributed by atoms with Crippen molar-refractivity contribution in [3.63, 3.8) is 0 Å². The molecule has 0 aromatic heterocycles. The molecule has 1 saturated carbocycles. The van der Waals surface area contributed by atoms with Crippen LogP contribution in [-0.4, -0.2) is 23.5 Å². The van der Waals surface area contributed by atoms with Crippen molar-refractivity contribution in [3.05, 3.63) is 42.5 Å². The van der Waals surface area contributed by atoms with E-state index in [9.17, 15) is 4.79 Å². The Balaban J connectivity index is 1.80. The Bertz CT molecular complexity index is 739. The zero-order chi connectivity index (χ0) is 16.8. The highest BCUT2D eigenvalue weighted by Crippen LogP contribution is 2.26. The van der Waals surface area contributed by atoms with E-state index in [1.165, 1.54) is 6.42 Å². The zero-order valence-electron chi connectivity index (χ0n) is 13.9. The quantitative estimate of drug-likeness (QED) is 0.869. The number of nitrogens with one attached hydrogen (secondary N) is 1. The summed E-state index contributed by atoms with van der Waals surface area (Å²) in [7, 11) is 0. The van der Waals surface area contributed by atoms with Crippen LogP contribution in [0.15, 0.2) is 42.5 Å². The maximum absolute atomic E-state index is 12.9. The van der Waals surface area contributed by atoms with E-state index in [0.717, 1.165) is 42.1 Å². The minimum absolute atomic E-state index is 0.0893. The summed E-state index contributed by atoms with van der Waals surface area (Å²) in [5.74, 6) is 0. The third kappa shape index (κ3) is 3.68. The molecular weight excluding hydrogens is 298 g/mol. The first-order valence-corrected chi connectivity index (χ1v) is 8.72. The van der Waals surface area contributed by atoms with E-state index in [2.05, 4.69) is 11.4 Å². The molecule has 3 rings (SSSR count). The highest BCUT2D eigenvalue weighted by molar-refractivity contribution is 6.01. The molecule has 1 N–H and O–H groups in total. The summed E-state index contributed by atoms with van der Waals surface area (Å²) < 4.78 is 0. The van der Waals surface area contributed by atoms with Crippen LogP contribution in [0.4, 0.5) is 10.5 Å². The topological polar surface area (TPSA) is 56.1 Å². The number of urea groups is 1. The van der Waals surface area contributed by atoms with Crippen LogP contribution in [-0.2, 0) is 0 Å². The van der Waals surface area contributed by atoms with Crippen molar-refractivity contribution in [2.75, 3.05) is 11.9 Å². The second kappa shape index (κ2) is 7.83. The highest BCUT2D eigenvalue weighted by Gasteiger charge is 2.25. The van der Waals surface area contributed by atoms with Gasteiger partial charge in [0.15, 0.2) is 0 Å². The number of carbonyl (C=O) groups is 1. The number of rotatable bonds is 4. The normalized spacial score (nSPS) is 15.0. The van der Waals surface area contributed by atoms with Gasteiger partial charge < -0.3 is 10.2 Å². The number of hydrogen-bond acceptors (Lipinski definition) is 2. The van der Waals surface area contributed by atoms with Crippen molar-refractivity contribution in [2.24, 2.45) is 0 Å². The predicted octanol–water partition coefficient (Wildman–Crippen LogP) is 4.92. The van der Waals surface area contributed by atoms with E-state index in [1.807, 2.05) is 47.4 Å². The van der Waals surface area contributed by atoms with Crippen LogP contribution in [0.2, 0.25) is 0 Å². The third-order valence-electron chi connectivity index (χ3n) is 4.77. The van der Waals surface area contributed by atoms with Crippen molar-refractivity contribution < 1.29 is 4.79 Å². The molecule has 1 aliphatic rings. The number of hydrogen-bond donors (Lipinski definition) is 1. The van der Waals surface area contributed by atoms with Crippen LogP contribution in [0, 0.1) is 11.3 Å². The molecule has 0 unspecified atom stereocenters. The van der Waals surface area contributed by atoms with E-state index >= 15 is 0 Å². The number of nitriles is 1. The minimum atomic E-state index is -0.0893. The lowest BCUT2D eigenvalue weighted by Gasteiger charge is -2.34. The van der Waals surface area contributed by atoms with Gasteiger partial charge in [0.25, 0.3) is 0 Å². The molecule has 2 aromatic rings. The van der Waals surface area contributed by atoms with Crippen LogP contribution in [0.25, 0.3) is 10.8 Å². The molecule has 2 aromatic carbocycles. The summed E-state index contributed by atoms with van der Waals surface area (Å²) >= 11 is 0. The van der Waals surface area contributed by atoms with E-state index in [-0.39, 0.29) is 12.1 Å². The Labute approximate surface area is 143 Å². The molecule has 2 amide bonds. The van der Waals surface area contributed by atoms with E-state index in [0.29, 0.717) is 13.0 Å². The molecule has 0 radical (unpaired) electrons. The third-order valence-corrected chi connectivity index (χ3v) is 4.77. The first kappa shape index (κ1) is 16.3. The van der Waals surface area contributed by atoms with Crippen LogP contribution in [0.1, 0.15) is 38.5 Å². The second-order valence-electron chi connectivity index (χ2n) is 6.35. The molecule has 0 atom stereocenters. The lowest BCUT2D eigenvalue weighted by atomic mass is 9.94. The average Bonchev–Trinajstić information content (AvgIpc) is 2.63. The van der Waals surface area contributed by atoms with E-state index in [4.69, 9.17) is 5.26 Å². The van der Waals surface area contributed by atoms with Gasteiger partial charge in [-0.05, 0) is 24.3 Å². The molecule has 1 aliphatic carbocycles. The molecule has 0 heterocycles. The zero-order valence-corrected chi connectivity index (χ0v) is 13.9. The molecule has 124 valence electrons. The number of nitrogens with zero attached hydrogens (tertiary/aromatic N) is 2. The van der Waals surface area contributed by atoms with Crippen LogP contribution in [0.3, 0.4) is 0 Å². The molecule has 4 nitrogen and oxygen atoms in total. The SMILES string of the molecule is N#CCCN(C(=O)Nc1cccc2ccccc12)C1CCCCC1. The van der Waals surface area contributed by atoms with Gasteiger partial charge in [0.1, 0.15) is 0 Å². The number of anilines is 1. The fourth-order valence-corrected chi connectivity index (χ4v) is 3.53. The summed E-state index contributed by atoms with van der Waals surface area (Å²) in [4.78, 5) is 14.7. The van der Waals surface area contributed by atoms with Gasteiger partial charge in [0.2, 0.25) is 0 Å². The second-order valence-corrected chi connectivity index (χ2v) is 6.35. The van der Waals surface area contributed by atoms with Gasteiger partial charge in [-0.1, -0.05) is 55.7 Å². The van der Waals surface area contributed by atoms with Gasteiger partial charge >= 0.3 is 6.03 Å². The van der Waals surface area contributed by atoms with Gasteiger partial charge in [0, 0.05) is 18.0 Å². The smallest absolute Gasteiger partial charge is 0.321 e. The van der Waals surface area contributed by atoms with Gasteiger partial charge in [-0.25, -0.2) is 4.79 Å². The molecule has 4 heteroatoms. The minimum Gasteiger partial charge on any atom is -0.321 e. The fraction of sp³-hybridized carbons (Fsp3) is 0.400. The van der Waals surface area contributed by atoms with Crippen LogP contribution < -0.4 is 5.32 Å². The summed E-state index contributed by atoms with van der Waals surface area (Å²) in [6.45, 7) is 0.498. The Morgan fingerprint density at radius 1 is 1.12 bits per heavy atom. The molecule has 24 heavy (non-hydrogen) atoms. The van der Waals surface area contributed by atoms with Gasteiger partial charge in [-0.3, -0.25) is 0 Å². The summed E-state index contributed by atoms with van der Waals surface area (Å²) in [5, 5.41) is 14.1. The fourth-order valence-electron chi connectivity index (χ4n) is 3.53. The first-order chi connectivity index (χ1) is 11.8. The first-order valence-electron chi connectivity index (χ1n) is 8.72. The maximum atomic E-state index is 12.9. The predicted molar refractivity (Wildman–Crippen MR) is 96.8 cm³/mol. The highest BCUT2D eigenvalue weighted by atomic mass is 16.2. The lowest BCUT2D eigenvalue weighted by Crippen LogP contribution is -2.44. The largest absolute Gasteiger partial charge is 0.322 e. The summed E-state index contributed by atoms with van der Waals surface area (Å²) in [6.07, 6.45) is 6.01. The standard InChI is InChI=1S/C20H23N3O/c21-14-7-15-23(17-10-2-1-3-11-17)20(24)22-19-13-6-9-16-8-4-5-12-18(16)19/h4-6,8-9,12-13,17H,1-3,7,10-11,15H2,(H,22,24). The number of carbonyl (C=O) groups excluding carboxylic acids is 1. The molecule has 1 fully saturated rings. The van der Waals surface area contributed by atoms with Gasteiger partial charge in [-0.2, -0.15) is 5.26 Å². The van der Waals surface area contributed by atoms with Crippen molar-refractivity contribution in [1.82, 2.24) is 4.90 Å².